The van der Waals surface area contributed by atoms with Crippen LogP contribution in [0, 0.1) is 5.92 Å². The number of nitrogens with one attached hydrogen (secondary N) is 2. The first-order valence-corrected chi connectivity index (χ1v) is 10.9. The van der Waals surface area contributed by atoms with E-state index in [0.29, 0.717) is 18.8 Å². The molecule has 2 aliphatic rings. The van der Waals surface area contributed by atoms with Gasteiger partial charge in [0.2, 0.25) is 5.91 Å². The fourth-order valence-corrected chi connectivity index (χ4v) is 4.50. The SMILES string of the molecule is CCC1CCC2(CC1)NC(=O)N(CC(=O)NC(CC)c1ccc(Br)cc1)C2=O. The van der Waals surface area contributed by atoms with Crippen molar-refractivity contribution in [2.45, 2.75) is 64.0 Å². The maximum absolute atomic E-state index is 12.9. The Labute approximate surface area is 174 Å². The van der Waals surface area contributed by atoms with Gasteiger partial charge in [-0.2, -0.15) is 0 Å². The molecule has 1 aromatic rings. The predicted octanol–water partition coefficient (Wildman–Crippen LogP) is 3.91. The molecule has 1 spiro atoms. The Bertz CT molecular complexity index is 742. The van der Waals surface area contributed by atoms with E-state index < -0.39 is 11.6 Å². The van der Waals surface area contributed by atoms with E-state index in [2.05, 4.69) is 33.5 Å². The number of rotatable bonds is 6. The topological polar surface area (TPSA) is 78.5 Å². The Morgan fingerprint density at radius 3 is 2.46 bits per heavy atom. The molecule has 1 aliphatic heterocycles. The number of hydrogen-bond acceptors (Lipinski definition) is 3. The van der Waals surface area contributed by atoms with Gasteiger partial charge in [-0.05, 0) is 55.7 Å². The predicted molar refractivity (Wildman–Crippen MR) is 111 cm³/mol. The van der Waals surface area contributed by atoms with Gasteiger partial charge >= 0.3 is 6.03 Å². The van der Waals surface area contributed by atoms with Crippen LogP contribution in [0.4, 0.5) is 4.79 Å². The molecule has 152 valence electrons. The van der Waals surface area contributed by atoms with Crippen molar-refractivity contribution in [3.63, 3.8) is 0 Å². The summed E-state index contributed by atoms with van der Waals surface area (Å²) in [6.45, 7) is 3.91. The van der Waals surface area contributed by atoms with Gasteiger partial charge in [0.25, 0.3) is 5.91 Å². The van der Waals surface area contributed by atoms with Crippen LogP contribution in [0.1, 0.15) is 64.0 Å². The van der Waals surface area contributed by atoms with E-state index >= 15 is 0 Å². The minimum Gasteiger partial charge on any atom is -0.348 e. The lowest BCUT2D eigenvalue weighted by Crippen LogP contribution is -2.50. The zero-order valence-electron chi connectivity index (χ0n) is 16.5. The van der Waals surface area contributed by atoms with Crippen LogP contribution in [-0.4, -0.2) is 34.8 Å². The summed E-state index contributed by atoms with van der Waals surface area (Å²) in [6.07, 6.45) is 5.00. The van der Waals surface area contributed by atoms with Crippen molar-refractivity contribution >= 4 is 33.8 Å². The third kappa shape index (κ3) is 4.24. The number of amides is 4. The Hall–Kier alpha value is -1.89. The van der Waals surface area contributed by atoms with E-state index in [4.69, 9.17) is 0 Å². The highest BCUT2D eigenvalue weighted by Gasteiger charge is 2.52. The first-order valence-electron chi connectivity index (χ1n) is 10.1. The maximum atomic E-state index is 12.9. The minimum atomic E-state index is -0.807. The lowest BCUT2D eigenvalue weighted by atomic mass is 9.75. The third-order valence-electron chi connectivity index (χ3n) is 6.10. The van der Waals surface area contributed by atoms with Gasteiger partial charge in [-0.15, -0.1) is 0 Å². The van der Waals surface area contributed by atoms with Crippen LogP contribution in [0.3, 0.4) is 0 Å². The molecule has 0 bridgehead atoms. The van der Waals surface area contributed by atoms with Crippen LogP contribution in [0.15, 0.2) is 28.7 Å². The van der Waals surface area contributed by atoms with Gasteiger partial charge in [-0.25, -0.2) is 4.79 Å². The van der Waals surface area contributed by atoms with Crippen molar-refractivity contribution in [1.82, 2.24) is 15.5 Å². The fourth-order valence-electron chi connectivity index (χ4n) is 4.24. The summed E-state index contributed by atoms with van der Waals surface area (Å²) in [6, 6.07) is 7.15. The van der Waals surface area contributed by atoms with Crippen molar-refractivity contribution in [1.29, 1.82) is 0 Å². The largest absolute Gasteiger partial charge is 0.348 e. The number of carbonyl (C=O) groups is 3. The number of hydrogen-bond donors (Lipinski definition) is 2. The van der Waals surface area contributed by atoms with Crippen molar-refractivity contribution in [3.05, 3.63) is 34.3 Å². The molecule has 1 saturated heterocycles. The van der Waals surface area contributed by atoms with Gasteiger partial charge < -0.3 is 10.6 Å². The molecule has 28 heavy (non-hydrogen) atoms. The van der Waals surface area contributed by atoms with Gasteiger partial charge in [0.1, 0.15) is 12.1 Å². The molecule has 2 fully saturated rings. The summed E-state index contributed by atoms with van der Waals surface area (Å²) in [5, 5.41) is 5.83. The monoisotopic (exact) mass is 449 g/mol. The van der Waals surface area contributed by atoms with Crippen molar-refractivity contribution < 1.29 is 14.4 Å². The quantitative estimate of drug-likeness (QED) is 0.646. The Morgan fingerprint density at radius 1 is 1.25 bits per heavy atom. The molecule has 0 aromatic heterocycles. The lowest BCUT2D eigenvalue weighted by molar-refractivity contribution is -0.136. The zero-order chi connectivity index (χ0) is 20.3. The fraction of sp³-hybridized carbons (Fsp3) is 0.571. The summed E-state index contributed by atoms with van der Waals surface area (Å²) in [7, 11) is 0. The minimum absolute atomic E-state index is 0.157. The van der Waals surface area contributed by atoms with Crippen molar-refractivity contribution in [3.8, 4) is 0 Å². The molecule has 1 unspecified atom stereocenters. The lowest BCUT2D eigenvalue weighted by Gasteiger charge is -2.34. The standard InChI is InChI=1S/C21H28BrN3O3/c1-3-14-9-11-21(12-10-14)19(27)25(20(28)24-21)13-18(26)23-17(4-2)15-5-7-16(22)8-6-15/h5-8,14,17H,3-4,9-13H2,1-2H3,(H,23,26)(H,24,28). The molecule has 3 rings (SSSR count). The van der Waals surface area contributed by atoms with Crippen LogP contribution < -0.4 is 10.6 Å². The Kier molecular flexibility index (Phi) is 6.43. The molecule has 0 radical (unpaired) electrons. The van der Waals surface area contributed by atoms with Gasteiger partial charge in [0, 0.05) is 4.47 Å². The second kappa shape index (κ2) is 8.64. The van der Waals surface area contributed by atoms with E-state index in [1.54, 1.807) is 0 Å². The number of urea groups is 1. The Balaban J connectivity index is 1.62. The smallest absolute Gasteiger partial charge is 0.325 e. The van der Waals surface area contributed by atoms with E-state index in [1.165, 1.54) is 0 Å². The summed E-state index contributed by atoms with van der Waals surface area (Å²) in [5.41, 5.74) is 0.185. The molecule has 1 heterocycles. The molecule has 1 aromatic carbocycles. The van der Waals surface area contributed by atoms with Crippen LogP contribution in [0.5, 0.6) is 0 Å². The van der Waals surface area contributed by atoms with E-state index in [9.17, 15) is 14.4 Å². The first kappa shape index (κ1) is 20.8. The Morgan fingerprint density at radius 2 is 1.89 bits per heavy atom. The molecule has 1 aliphatic carbocycles. The van der Waals surface area contributed by atoms with Crippen LogP contribution >= 0.6 is 15.9 Å². The highest BCUT2D eigenvalue weighted by Crippen LogP contribution is 2.37. The molecule has 1 saturated carbocycles. The number of imide groups is 1. The van der Waals surface area contributed by atoms with Crippen LogP contribution in [0.2, 0.25) is 0 Å². The van der Waals surface area contributed by atoms with Crippen molar-refractivity contribution in [2.75, 3.05) is 6.54 Å². The second-order valence-electron chi connectivity index (χ2n) is 7.84. The van der Waals surface area contributed by atoms with Gasteiger partial charge in [-0.3, -0.25) is 14.5 Å². The highest BCUT2D eigenvalue weighted by atomic mass is 79.9. The molecule has 7 heteroatoms. The van der Waals surface area contributed by atoms with E-state index in [0.717, 1.165) is 40.6 Å². The summed E-state index contributed by atoms with van der Waals surface area (Å²) in [5.74, 6) is 0.0420. The molecular weight excluding hydrogens is 422 g/mol. The number of halogens is 1. The molecular formula is C21H28BrN3O3. The van der Waals surface area contributed by atoms with Gasteiger partial charge in [0.15, 0.2) is 0 Å². The zero-order valence-corrected chi connectivity index (χ0v) is 18.0. The molecule has 4 amide bonds. The van der Waals surface area contributed by atoms with Crippen molar-refractivity contribution in [2.24, 2.45) is 5.92 Å². The summed E-state index contributed by atoms with van der Waals surface area (Å²) < 4.78 is 0.972. The third-order valence-corrected chi connectivity index (χ3v) is 6.63. The van der Waals surface area contributed by atoms with E-state index in [-0.39, 0.29) is 24.4 Å². The molecule has 6 nitrogen and oxygen atoms in total. The average Bonchev–Trinajstić information content (AvgIpc) is 2.91. The van der Waals surface area contributed by atoms with Gasteiger partial charge in [0.05, 0.1) is 6.04 Å². The first-order chi connectivity index (χ1) is 13.4. The highest BCUT2D eigenvalue weighted by molar-refractivity contribution is 9.10. The maximum Gasteiger partial charge on any atom is 0.325 e. The normalized spacial score (nSPS) is 25.7. The van der Waals surface area contributed by atoms with Crippen LogP contribution in [0.25, 0.3) is 0 Å². The van der Waals surface area contributed by atoms with Crippen LogP contribution in [-0.2, 0) is 9.59 Å². The summed E-state index contributed by atoms with van der Waals surface area (Å²) in [4.78, 5) is 39.0. The van der Waals surface area contributed by atoms with E-state index in [1.807, 2.05) is 31.2 Å². The molecule has 2 N–H and O–H groups in total. The molecule has 1 atom stereocenters. The summed E-state index contributed by atoms with van der Waals surface area (Å²) >= 11 is 3.41. The number of carbonyl (C=O) groups excluding carboxylic acids is 3. The van der Waals surface area contributed by atoms with Gasteiger partial charge in [-0.1, -0.05) is 48.3 Å². The second-order valence-corrected chi connectivity index (χ2v) is 8.75. The average molecular weight is 450 g/mol. The number of nitrogens with zero attached hydrogens (tertiary/aromatic N) is 1. The number of benzene rings is 1.